The first-order valence-electron chi connectivity index (χ1n) is 13.7. The summed E-state index contributed by atoms with van der Waals surface area (Å²) in [7, 11) is 0. The molecular weight excluding hydrogens is 626 g/mol. The van der Waals surface area contributed by atoms with E-state index in [1.54, 1.807) is 20.8 Å². The predicted octanol–water partition coefficient (Wildman–Crippen LogP) is 1.04. The van der Waals surface area contributed by atoms with E-state index in [0.717, 1.165) is 0 Å². The van der Waals surface area contributed by atoms with Gasteiger partial charge in [0.15, 0.2) is 11.2 Å². The smallest absolute Gasteiger partial charge is 0.327 e. The van der Waals surface area contributed by atoms with Gasteiger partial charge in [-0.2, -0.15) is 9.97 Å². The molecule has 0 aromatic carbocycles. The molecule has 0 spiro atoms. The summed E-state index contributed by atoms with van der Waals surface area (Å²) in [4.78, 5) is 48.6. The maximum Gasteiger partial charge on any atom is 0.327 e. The quantitative estimate of drug-likeness (QED) is 0.108. The molecule has 0 aliphatic carbocycles. The molecule has 2 aliphatic heterocycles. The lowest BCUT2D eigenvalue weighted by Gasteiger charge is -2.30. The number of amides is 3. The Morgan fingerprint density at radius 2 is 2.09 bits per heavy atom. The van der Waals surface area contributed by atoms with Crippen LogP contribution in [0.3, 0.4) is 0 Å². The molecule has 17 nitrogen and oxygen atoms in total. The average molecular weight is 663 g/mol. The Hall–Kier alpha value is -3.09. The van der Waals surface area contributed by atoms with Gasteiger partial charge in [-0.05, 0) is 27.7 Å². The van der Waals surface area contributed by atoms with E-state index in [1.807, 2.05) is 0 Å². The van der Waals surface area contributed by atoms with Crippen LogP contribution in [0, 0.1) is 5.41 Å². The van der Waals surface area contributed by atoms with Crippen LogP contribution in [0.25, 0.3) is 11.2 Å². The van der Waals surface area contributed by atoms with E-state index in [2.05, 4.69) is 30.7 Å². The lowest BCUT2D eigenvalue weighted by molar-refractivity contribution is -0.149. The minimum absolute atomic E-state index is 0.121. The van der Waals surface area contributed by atoms with E-state index in [9.17, 15) is 28.4 Å². The van der Waals surface area contributed by atoms with Crippen molar-refractivity contribution in [3.05, 3.63) is 6.33 Å². The number of hydrogen-bond donors (Lipinski definition) is 5. The number of urea groups is 1. The van der Waals surface area contributed by atoms with Crippen LogP contribution in [0.5, 0.6) is 5.88 Å². The SMILES string of the molecule is CCOc1nc(N)nc2c1ncn2C1OC(COP(=O)(N[C@H](C)C(=O)OC(C)C)SCC2NC(=O)NC2=O)[C@@H](O)C1(C)CF. The summed E-state index contributed by atoms with van der Waals surface area (Å²) in [6.07, 6.45) is -2.96. The highest BCUT2D eigenvalue weighted by Gasteiger charge is 2.55. The molecular formula is C24H36FN8O9PS. The zero-order valence-electron chi connectivity index (χ0n) is 24.7. The number of imidazole rings is 1. The highest BCUT2D eigenvalue weighted by atomic mass is 32.7. The Morgan fingerprint density at radius 1 is 1.36 bits per heavy atom. The number of halogens is 1. The number of hydrogen-bond acceptors (Lipinski definition) is 14. The van der Waals surface area contributed by atoms with Crippen LogP contribution in [-0.4, -0.2) is 98.6 Å². The molecule has 2 aliphatic rings. The number of esters is 1. The number of carbonyl (C=O) groups is 3. The van der Waals surface area contributed by atoms with Gasteiger partial charge in [0.2, 0.25) is 11.8 Å². The average Bonchev–Trinajstić information content (AvgIpc) is 3.59. The fourth-order valence-electron chi connectivity index (χ4n) is 4.60. The molecule has 44 heavy (non-hydrogen) atoms. The third-order valence-electron chi connectivity index (χ3n) is 6.86. The van der Waals surface area contributed by atoms with E-state index in [0.29, 0.717) is 11.4 Å². The number of aliphatic hydroxyl groups is 1. The van der Waals surface area contributed by atoms with Crippen LogP contribution >= 0.6 is 18.1 Å². The fraction of sp³-hybridized carbons (Fsp3) is 0.667. The molecule has 6 N–H and O–H groups in total. The molecule has 3 amide bonds. The molecule has 2 aromatic heterocycles. The molecule has 5 unspecified atom stereocenters. The second-order valence-corrected chi connectivity index (χ2v) is 15.0. The topological polar surface area (TPSA) is 231 Å². The summed E-state index contributed by atoms with van der Waals surface area (Å²) in [5.41, 5.74) is 4.74. The minimum atomic E-state index is -4.06. The van der Waals surface area contributed by atoms with Crippen LogP contribution in [0.2, 0.25) is 0 Å². The second-order valence-electron chi connectivity index (χ2n) is 10.7. The van der Waals surface area contributed by atoms with Gasteiger partial charge in [-0.1, -0.05) is 18.3 Å². The van der Waals surface area contributed by atoms with Crippen molar-refractivity contribution in [2.45, 2.75) is 71.2 Å². The summed E-state index contributed by atoms with van der Waals surface area (Å²) < 4.78 is 52.5. The van der Waals surface area contributed by atoms with Gasteiger partial charge in [-0.15, -0.1) is 0 Å². The summed E-state index contributed by atoms with van der Waals surface area (Å²) in [5.74, 6) is -1.52. The third kappa shape index (κ3) is 7.07. The number of carbonyl (C=O) groups excluding carboxylic acids is 3. The maximum absolute atomic E-state index is 14.6. The number of nitrogen functional groups attached to an aromatic ring is 1. The Morgan fingerprint density at radius 3 is 2.70 bits per heavy atom. The summed E-state index contributed by atoms with van der Waals surface area (Å²) >= 11 is 0.658. The molecule has 0 radical (unpaired) electrons. The second kappa shape index (κ2) is 13.5. The van der Waals surface area contributed by atoms with Crippen molar-refractivity contribution in [1.29, 1.82) is 0 Å². The number of rotatable bonds is 14. The highest BCUT2D eigenvalue weighted by Crippen LogP contribution is 2.57. The monoisotopic (exact) mass is 662 g/mol. The molecule has 0 saturated carbocycles. The van der Waals surface area contributed by atoms with E-state index >= 15 is 0 Å². The summed E-state index contributed by atoms with van der Waals surface area (Å²) in [6, 6.07) is -2.82. The van der Waals surface area contributed by atoms with Crippen molar-refractivity contribution in [2.75, 3.05) is 31.4 Å². The van der Waals surface area contributed by atoms with Gasteiger partial charge in [0.05, 0.1) is 37.2 Å². The Kier molecular flexibility index (Phi) is 10.4. The van der Waals surface area contributed by atoms with Crippen LogP contribution in [-0.2, 0) is 28.2 Å². The molecule has 2 saturated heterocycles. The normalized spacial score (nSPS) is 27.3. The Balaban J connectivity index is 1.56. The molecule has 4 rings (SSSR count). The zero-order valence-corrected chi connectivity index (χ0v) is 26.4. The Labute approximate surface area is 255 Å². The summed E-state index contributed by atoms with van der Waals surface area (Å²) in [6.45, 7) is 2.57. The third-order valence-corrected chi connectivity index (χ3v) is 11.0. The van der Waals surface area contributed by atoms with Crippen molar-refractivity contribution < 1.29 is 47.2 Å². The van der Waals surface area contributed by atoms with E-state index in [4.69, 9.17) is 24.5 Å². The molecule has 244 valence electrons. The minimum Gasteiger partial charge on any atom is -0.476 e. The van der Waals surface area contributed by atoms with Crippen molar-refractivity contribution in [1.82, 2.24) is 35.2 Å². The van der Waals surface area contributed by atoms with Crippen LogP contribution in [0.15, 0.2) is 6.33 Å². The number of aliphatic hydroxyl groups excluding tert-OH is 1. The van der Waals surface area contributed by atoms with Crippen LogP contribution in [0.4, 0.5) is 15.1 Å². The lowest BCUT2D eigenvalue weighted by Crippen LogP contribution is -2.40. The van der Waals surface area contributed by atoms with E-state index in [-0.39, 0.29) is 35.4 Å². The number of fused-ring (bicyclic) bond motifs is 1. The van der Waals surface area contributed by atoms with Gasteiger partial charge in [0.1, 0.15) is 31.1 Å². The summed E-state index contributed by atoms with van der Waals surface area (Å²) in [5, 5.41) is 18.3. The van der Waals surface area contributed by atoms with Crippen LogP contribution in [0.1, 0.15) is 40.8 Å². The number of nitrogens with two attached hydrogens (primary N) is 1. The fourth-order valence-corrected chi connectivity index (χ4v) is 8.46. The van der Waals surface area contributed by atoms with Gasteiger partial charge < -0.3 is 34.9 Å². The van der Waals surface area contributed by atoms with Crippen LogP contribution < -0.4 is 26.2 Å². The number of aromatic nitrogens is 4. The van der Waals surface area contributed by atoms with Crippen molar-refractivity contribution >= 4 is 53.1 Å². The Bertz CT molecular complexity index is 1450. The van der Waals surface area contributed by atoms with Crippen molar-refractivity contribution in [2.24, 2.45) is 5.41 Å². The van der Waals surface area contributed by atoms with Crippen molar-refractivity contribution in [3.63, 3.8) is 0 Å². The largest absolute Gasteiger partial charge is 0.476 e. The first-order chi connectivity index (χ1) is 20.7. The van der Waals surface area contributed by atoms with Gasteiger partial charge in [-0.25, -0.2) is 14.9 Å². The molecule has 7 atom stereocenters. The van der Waals surface area contributed by atoms with Gasteiger partial charge in [0, 0.05) is 5.75 Å². The number of nitrogens with one attached hydrogen (secondary N) is 3. The molecule has 2 fully saturated rings. The lowest BCUT2D eigenvalue weighted by atomic mass is 9.83. The number of anilines is 1. The highest BCUT2D eigenvalue weighted by molar-refractivity contribution is 8.56. The van der Waals surface area contributed by atoms with Crippen molar-refractivity contribution in [3.8, 4) is 5.88 Å². The van der Waals surface area contributed by atoms with E-state index in [1.165, 1.54) is 24.7 Å². The van der Waals surface area contributed by atoms with Gasteiger partial charge in [-0.3, -0.25) is 28.4 Å². The van der Waals surface area contributed by atoms with Gasteiger partial charge in [0.25, 0.3) is 5.91 Å². The maximum atomic E-state index is 14.6. The first kappa shape index (κ1) is 33.8. The molecule has 4 heterocycles. The zero-order chi connectivity index (χ0) is 32.4. The molecule has 0 bridgehead atoms. The number of alkyl halides is 1. The first-order valence-corrected chi connectivity index (χ1v) is 16.9. The number of nitrogens with zero attached hydrogens (tertiary/aromatic N) is 4. The number of imide groups is 1. The van der Waals surface area contributed by atoms with Gasteiger partial charge >= 0.3 is 18.7 Å². The number of ether oxygens (including phenoxy) is 3. The standard InChI is InChI=1S/C24H36FN8O9PS/c1-6-39-19-15-17(29-22(26)31-19)33(10-27-15)21-24(5,9-25)16(34)14(42-21)7-40-43(38,32-12(4)20(36)41-11(2)3)44-8-13-18(35)30-23(37)28-13/h10-14,16,21,34H,6-9H2,1-5H3,(H,32,38)(H2,26,29,31)(H2,28,30,35,37)/t12-,13?,14?,16-,21?,24?,43?/m1/s1. The predicted molar refractivity (Wildman–Crippen MR) is 155 cm³/mol. The molecule has 2 aromatic rings. The van der Waals surface area contributed by atoms with E-state index < -0.39 is 79.9 Å². The molecule has 20 heteroatoms.